The number of para-hydroxylation sites is 1. The van der Waals surface area contributed by atoms with E-state index in [2.05, 4.69) is 41.5 Å². The van der Waals surface area contributed by atoms with Gasteiger partial charge in [0, 0.05) is 66.7 Å². The molecule has 0 spiro atoms. The van der Waals surface area contributed by atoms with Crippen molar-refractivity contribution in [3.8, 4) is 5.75 Å². The molecule has 8 amide bonds. The number of aromatic amines is 1. The van der Waals surface area contributed by atoms with E-state index in [-0.39, 0.29) is 81.3 Å². The summed E-state index contributed by atoms with van der Waals surface area (Å²) in [7, 11) is 0. The van der Waals surface area contributed by atoms with Crippen LogP contribution in [0, 0.1) is 5.92 Å². The number of carbonyl (C=O) groups excluding carboxylic acids is 6. The Morgan fingerprint density at radius 1 is 0.877 bits per heavy atom. The second kappa shape index (κ2) is 24.8. The number of benzene rings is 3. The highest BCUT2D eigenvalue weighted by Crippen LogP contribution is 2.31. The van der Waals surface area contributed by atoms with Crippen molar-refractivity contribution < 1.29 is 48.5 Å². The van der Waals surface area contributed by atoms with Crippen molar-refractivity contribution in [3.05, 3.63) is 90.4 Å². The Kier molecular flexibility index (Phi) is 17.9. The zero-order valence-corrected chi connectivity index (χ0v) is 40.8. The maximum absolute atomic E-state index is 13.8. The van der Waals surface area contributed by atoms with Gasteiger partial charge in [-0.15, -0.1) is 0 Å². The first-order valence-corrected chi connectivity index (χ1v) is 24.5. The number of anilines is 3. The number of imidazole rings is 1. The molecular weight excluding hydrogens is 941 g/mol. The van der Waals surface area contributed by atoms with Gasteiger partial charge in [-0.2, -0.15) is 0 Å². The molecule has 1 saturated carbocycles. The van der Waals surface area contributed by atoms with E-state index < -0.39 is 36.0 Å². The lowest BCUT2D eigenvalue weighted by molar-refractivity contribution is -0.137. The van der Waals surface area contributed by atoms with Crippen LogP contribution in [0.1, 0.15) is 89.2 Å². The number of primary amides is 1. The van der Waals surface area contributed by atoms with E-state index in [4.69, 9.17) is 15.5 Å². The number of nitrogens with two attached hydrogens (primary N) is 1. The molecule has 5 aromatic rings. The SMILES string of the molecule is CC(C)[C@H](NC(=O)CCCCCN1C(=O)C=CC1=O)C(=O)N[C@@H](CCCNC(N)=O)C(=O)Nc1ccc(CN(Cc2cc(Nc3ncc4cccc(O[C@H]5CC[C@@H](O)CC5)c4n3)cc3[nH]cnc23)C(=O)O)cc1. The summed E-state index contributed by atoms with van der Waals surface area (Å²) >= 11 is 0. The zero-order chi connectivity index (χ0) is 52.0. The van der Waals surface area contributed by atoms with Crippen LogP contribution in [0.5, 0.6) is 5.75 Å². The van der Waals surface area contributed by atoms with Crippen LogP contribution in [-0.4, -0.2) is 119 Å². The molecule has 22 heteroatoms. The minimum atomic E-state index is -1.18. The molecule has 10 N–H and O–H groups in total. The van der Waals surface area contributed by atoms with Crippen LogP contribution in [0.3, 0.4) is 0 Å². The normalized spacial score (nSPS) is 16.3. The van der Waals surface area contributed by atoms with Crippen LogP contribution in [0.4, 0.5) is 26.9 Å². The lowest BCUT2D eigenvalue weighted by atomic mass is 9.95. The number of hydrogen-bond donors (Lipinski definition) is 9. The Morgan fingerprint density at radius 2 is 1.63 bits per heavy atom. The van der Waals surface area contributed by atoms with Gasteiger partial charge in [0.25, 0.3) is 11.8 Å². The fourth-order valence-electron chi connectivity index (χ4n) is 8.72. The van der Waals surface area contributed by atoms with Crippen LogP contribution in [0.25, 0.3) is 21.9 Å². The smallest absolute Gasteiger partial charge is 0.407 e. The minimum absolute atomic E-state index is 0.0180. The predicted molar refractivity (Wildman–Crippen MR) is 270 cm³/mol. The van der Waals surface area contributed by atoms with Gasteiger partial charge in [-0.25, -0.2) is 24.5 Å². The number of urea groups is 1. The third-order valence-corrected chi connectivity index (χ3v) is 12.7. The van der Waals surface area contributed by atoms with E-state index >= 15 is 0 Å². The molecule has 1 aliphatic heterocycles. The van der Waals surface area contributed by atoms with E-state index in [1.165, 1.54) is 23.4 Å². The minimum Gasteiger partial charge on any atom is -0.488 e. The number of carboxylic acid groups (broad SMARTS) is 1. The molecule has 0 saturated heterocycles. The van der Waals surface area contributed by atoms with Crippen molar-refractivity contribution in [3.63, 3.8) is 0 Å². The first-order valence-electron chi connectivity index (χ1n) is 24.5. The molecule has 2 aliphatic rings. The number of ether oxygens (including phenoxy) is 1. The Labute approximate surface area is 420 Å². The van der Waals surface area contributed by atoms with Crippen LogP contribution in [0.2, 0.25) is 0 Å². The Balaban J connectivity index is 0.964. The third kappa shape index (κ3) is 14.7. The van der Waals surface area contributed by atoms with Crippen molar-refractivity contribution >= 4 is 80.9 Å². The van der Waals surface area contributed by atoms with Crippen molar-refractivity contribution in [1.82, 2.24) is 45.7 Å². The van der Waals surface area contributed by atoms with E-state index in [9.17, 15) is 43.8 Å². The van der Waals surface area contributed by atoms with Gasteiger partial charge in [0.15, 0.2) is 0 Å². The van der Waals surface area contributed by atoms with Crippen LogP contribution < -0.4 is 37.1 Å². The zero-order valence-electron chi connectivity index (χ0n) is 40.8. The average Bonchev–Trinajstić information content (AvgIpc) is 3.97. The Bertz CT molecular complexity index is 2810. The first kappa shape index (κ1) is 52.7. The van der Waals surface area contributed by atoms with Gasteiger partial charge in [-0.05, 0) is 93.2 Å². The monoisotopic (exact) mass is 1000 g/mol. The van der Waals surface area contributed by atoms with Gasteiger partial charge in [0.05, 0.1) is 36.1 Å². The number of carbonyl (C=O) groups is 7. The molecule has 22 nitrogen and oxygen atoms in total. The van der Waals surface area contributed by atoms with Crippen LogP contribution in [0.15, 0.2) is 79.3 Å². The quantitative estimate of drug-likeness (QED) is 0.0287. The summed E-state index contributed by atoms with van der Waals surface area (Å²) in [5, 5.41) is 35.2. The van der Waals surface area contributed by atoms with Crippen molar-refractivity contribution in [1.29, 1.82) is 0 Å². The summed E-state index contributed by atoms with van der Waals surface area (Å²) in [5.41, 5.74) is 9.28. The number of imide groups is 1. The molecular formula is C51H62N12O10. The topological polar surface area (TPSA) is 316 Å². The van der Waals surface area contributed by atoms with Crippen molar-refractivity contribution in [2.75, 3.05) is 23.7 Å². The summed E-state index contributed by atoms with van der Waals surface area (Å²) in [4.78, 5) is 107. The Hall–Kier alpha value is -8.14. The highest BCUT2D eigenvalue weighted by molar-refractivity contribution is 6.12. The third-order valence-electron chi connectivity index (χ3n) is 12.7. The molecule has 2 atom stereocenters. The van der Waals surface area contributed by atoms with Gasteiger partial charge in [-0.1, -0.05) is 44.5 Å². The van der Waals surface area contributed by atoms with E-state index in [0.717, 1.165) is 23.1 Å². The number of fused-ring (bicyclic) bond motifs is 2. The maximum Gasteiger partial charge on any atom is 0.407 e. The molecule has 1 fully saturated rings. The van der Waals surface area contributed by atoms with Crippen LogP contribution in [-0.2, 0) is 37.1 Å². The van der Waals surface area contributed by atoms with Gasteiger partial charge >= 0.3 is 12.1 Å². The van der Waals surface area contributed by atoms with Gasteiger partial charge < -0.3 is 52.3 Å². The largest absolute Gasteiger partial charge is 0.488 e. The van der Waals surface area contributed by atoms with Crippen molar-refractivity contribution in [2.24, 2.45) is 11.7 Å². The number of hydrogen-bond acceptors (Lipinski definition) is 13. The molecule has 0 radical (unpaired) electrons. The fourth-order valence-corrected chi connectivity index (χ4v) is 8.72. The van der Waals surface area contributed by atoms with E-state index in [1.54, 1.807) is 50.4 Å². The number of aliphatic hydroxyl groups is 1. The predicted octanol–water partition coefficient (Wildman–Crippen LogP) is 5.11. The van der Waals surface area contributed by atoms with E-state index in [0.29, 0.717) is 82.9 Å². The standard InChI is InChI=1S/C51H62N12O10/c1-30(2)44(60-41(65)11-4-3-5-23-63-42(66)20-21-43(63)67)48(69)59-38(9-7-22-53-49(52)70)47(68)57-34-14-12-31(13-15-34)27-62(51(71)72)28-33-24-35(25-39-45(33)56-29-55-39)58-50-54-26-32-8-6-10-40(46(32)61-50)73-37-18-16-36(64)17-19-37/h6,8,10,12-15,20-21,24-26,29-30,36-38,44,64H,3-5,7,9,11,16-19,22-23,27-28H2,1-2H3,(H,55,56)(H,57,68)(H,59,69)(H,60,65)(H,71,72)(H3,52,53,70)(H,54,58,61)/t36-,37+,38-,44-/m0/s1. The summed E-state index contributed by atoms with van der Waals surface area (Å²) in [6, 6.07) is 13.1. The first-order chi connectivity index (χ1) is 35.1. The summed E-state index contributed by atoms with van der Waals surface area (Å²) in [5.74, 6) is -1.67. The number of nitrogens with one attached hydrogen (secondary N) is 6. The molecule has 386 valence electrons. The second-order valence-electron chi connectivity index (χ2n) is 18.6. The molecule has 0 bridgehead atoms. The Morgan fingerprint density at radius 3 is 2.34 bits per heavy atom. The molecule has 2 aromatic heterocycles. The number of unbranched alkanes of at least 4 members (excludes halogenated alkanes) is 2. The molecule has 7 rings (SSSR count). The number of rotatable bonds is 24. The number of nitrogens with zero attached hydrogens (tertiary/aromatic N) is 5. The molecule has 3 aromatic carbocycles. The summed E-state index contributed by atoms with van der Waals surface area (Å²) in [6.45, 7) is 3.85. The number of aliphatic hydroxyl groups excluding tert-OH is 1. The lowest BCUT2D eigenvalue weighted by Gasteiger charge is -2.26. The van der Waals surface area contributed by atoms with Gasteiger partial charge in [0.2, 0.25) is 23.7 Å². The molecule has 1 aliphatic carbocycles. The molecule has 73 heavy (non-hydrogen) atoms. The summed E-state index contributed by atoms with van der Waals surface area (Å²) in [6.07, 6.45) is 9.05. The van der Waals surface area contributed by atoms with Crippen LogP contribution >= 0.6 is 0 Å². The van der Waals surface area contributed by atoms with Gasteiger partial charge in [-0.3, -0.25) is 33.8 Å². The molecule has 3 heterocycles. The number of aromatic nitrogens is 4. The molecule has 0 unspecified atom stereocenters. The lowest BCUT2D eigenvalue weighted by Crippen LogP contribution is -2.54. The van der Waals surface area contributed by atoms with Gasteiger partial charge in [0.1, 0.15) is 23.3 Å². The fraction of sp³-hybridized carbons (Fsp3) is 0.412. The van der Waals surface area contributed by atoms with E-state index in [1.807, 2.05) is 24.3 Å². The second-order valence-corrected chi connectivity index (χ2v) is 18.6. The maximum atomic E-state index is 13.8. The highest BCUT2D eigenvalue weighted by atomic mass is 16.5. The van der Waals surface area contributed by atoms with Crippen molar-refractivity contribution in [2.45, 2.75) is 115 Å². The summed E-state index contributed by atoms with van der Waals surface area (Å²) < 4.78 is 6.35. The average molecular weight is 1000 g/mol. The number of amides is 8. The number of H-pyrrole nitrogens is 1. The highest BCUT2D eigenvalue weighted by Gasteiger charge is 2.30.